The van der Waals surface area contributed by atoms with Crippen molar-refractivity contribution in [3.8, 4) is 45.4 Å². The van der Waals surface area contributed by atoms with E-state index in [2.05, 4.69) is 20.2 Å². The van der Waals surface area contributed by atoms with E-state index in [1.165, 1.54) is 33.9 Å². The van der Waals surface area contributed by atoms with Gasteiger partial charge in [0.25, 0.3) is 0 Å². The molecule has 12 nitrogen and oxygen atoms in total. The topological polar surface area (TPSA) is 175 Å². The number of aryl methyl sites for hydroxylation is 2. The quantitative estimate of drug-likeness (QED) is 0.0984. The summed E-state index contributed by atoms with van der Waals surface area (Å²) in [5, 5.41) is 49.1. The van der Waals surface area contributed by atoms with Crippen LogP contribution < -0.4 is 0 Å². The Labute approximate surface area is 361 Å². The average Bonchev–Trinajstić information content (AvgIpc) is 3.74. The molecule has 8 aromatic rings. The molecular weight excluding hydrogens is 809 g/mol. The molecule has 0 aliphatic rings. The van der Waals surface area contributed by atoms with E-state index in [0.717, 1.165) is 33.6 Å². The van der Waals surface area contributed by atoms with Gasteiger partial charge in [0.2, 0.25) is 11.8 Å². The fourth-order valence-electron chi connectivity index (χ4n) is 6.38. The van der Waals surface area contributed by atoms with Crippen molar-refractivity contribution < 1.29 is 47.4 Å². The standard InChI is InChI=1S/2C24H19N3O3.Cr/c2*1-16-21(23(28)27(26-16)19-10-6-3-7-11-19)15-25-22-14-18(12-13-20(22)24(29)30)17-8-4-2-5-9-17;/h2*2-15,28H,1H3,(H,29,30);. The van der Waals surface area contributed by atoms with Crippen LogP contribution in [0, 0.1) is 13.8 Å². The number of aromatic hydroxyl groups is 2. The summed E-state index contributed by atoms with van der Waals surface area (Å²) in [7, 11) is 0. The second kappa shape index (κ2) is 19.3. The Balaban J connectivity index is 0.000000201. The molecule has 0 unspecified atom stereocenters. The molecule has 8 rings (SSSR count). The second-order valence-electron chi connectivity index (χ2n) is 13.5. The summed E-state index contributed by atoms with van der Waals surface area (Å²) in [6, 6.07) is 47.9. The number of hydrogen-bond acceptors (Lipinski definition) is 8. The first-order valence-electron chi connectivity index (χ1n) is 18.7. The van der Waals surface area contributed by atoms with Gasteiger partial charge in [0.05, 0.1) is 56.4 Å². The van der Waals surface area contributed by atoms with Crippen molar-refractivity contribution in [3.63, 3.8) is 0 Å². The van der Waals surface area contributed by atoms with Crippen molar-refractivity contribution in [2.75, 3.05) is 0 Å². The summed E-state index contributed by atoms with van der Waals surface area (Å²) in [6.45, 7) is 3.53. The summed E-state index contributed by atoms with van der Waals surface area (Å²) in [6.07, 6.45) is 2.90. The summed E-state index contributed by atoms with van der Waals surface area (Å²) < 4.78 is 2.85. The van der Waals surface area contributed by atoms with Gasteiger partial charge in [-0.05, 0) is 84.6 Å². The smallest absolute Gasteiger partial charge is 0.337 e. The number of benzene rings is 6. The normalized spacial score (nSPS) is 10.9. The van der Waals surface area contributed by atoms with Crippen molar-refractivity contribution in [2.24, 2.45) is 9.98 Å². The number of para-hydroxylation sites is 2. The van der Waals surface area contributed by atoms with Gasteiger partial charge in [-0.3, -0.25) is 9.98 Å². The van der Waals surface area contributed by atoms with E-state index in [1.54, 1.807) is 38.1 Å². The predicted molar refractivity (Wildman–Crippen MR) is 232 cm³/mol. The molecule has 0 saturated carbocycles. The van der Waals surface area contributed by atoms with E-state index in [0.29, 0.717) is 33.9 Å². The molecule has 6 aromatic carbocycles. The van der Waals surface area contributed by atoms with Crippen LogP contribution in [0.25, 0.3) is 33.6 Å². The first kappa shape index (κ1) is 42.8. The molecule has 0 radical (unpaired) electrons. The maximum Gasteiger partial charge on any atom is 0.337 e. The Morgan fingerprint density at radius 2 is 0.820 bits per heavy atom. The van der Waals surface area contributed by atoms with Crippen molar-refractivity contribution in [1.29, 1.82) is 0 Å². The molecule has 2 aromatic heterocycles. The fraction of sp³-hybridized carbons (Fsp3) is 0.0417. The Bertz CT molecular complexity index is 2660. The Kier molecular flexibility index (Phi) is 13.5. The predicted octanol–water partition coefficient (Wildman–Crippen LogP) is 10.0. The van der Waals surface area contributed by atoms with Crippen LogP contribution in [-0.4, -0.2) is 64.4 Å². The average molecular weight is 847 g/mol. The van der Waals surface area contributed by atoms with E-state index >= 15 is 0 Å². The van der Waals surface area contributed by atoms with E-state index in [1.807, 2.05) is 121 Å². The molecule has 13 heteroatoms. The number of carboxylic acids is 2. The third-order valence-corrected chi connectivity index (χ3v) is 9.50. The number of hydrogen-bond donors (Lipinski definition) is 4. The zero-order valence-corrected chi connectivity index (χ0v) is 34.1. The molecule has 0 amide bonds. The van der Waals surface area contributed by atoms with Crippen LogP contribution in [0.3, 0.4) is 0 Å². The zero-order valence-electron chi connectivity index (χ0n) is 32.9. The summed E-state index contributed by atoms with van der Waals surface area (Å²) >= 11 is 0. The third-order valence-electron chi connectivity index (χ3n) is 9.50. The number of nitrogens with zero attached hydrogens (tertiary/aromatic N) is 6. The maximum atomic E-state index is 11.7. The Morgan fingerprint density at radius 3 is 1.15 bits per heavy atom. The monoisotopic (exact) mass is 846 g/mol. The van der Waals surface area contributed by atoms with E-state index in [4.69, 9.17) is 0 Å². The molecule has 302 valence electrons. The molecule has 0 aliphatic carbocycles. The van der Waals surface area contributed by atoms with Crippen LogP contribution in [0.4, 0.5) is 11.4 Å². The summed E-state index contributed by atoms with van der Waals surface area (Å²) in [5.41, 5.74) is 7.85. The summed E-state index contributed by atoms with van der Waals surface area (Å²) in [4.78, 5) is 32.1. The van der Waals surface area contributed by atoms with E-state index < -0.39 is 11.9 Å². The molecule has 0 atom stereocenters. The van der Waals surface area contributed by atoms with Gasteiger partial charge in [-0.2, -0.15) is 10.2 Å². The first-order chi connectivity index (χ1) is 29.1. The van der Waals surface area contributed by atoms with Gasteiger partial charge in [-0.15, -0.1) is 0 Å². The number of aromatic nitrogens is 4. The van der Waals surface area contributed by atoms with Gasteiger partial charge >= 0.3 is 11.9 Å². The van der Waals surface area contributed by atoms with E-state index in [-0.39, 0.29) is 40.2 Å². The van der Waals surface area contributed by atoms with Crippen LogP contribution in [0.1, 0.15) is 43.2 Å². The van der Waals surface area contributed by atoms with Crippen LogP contribution in [0.15, 0.2) is 168 Å². The molecule has 0 fully saturated rings. The molecule has 2 heterocycles. The van der Waals surface area contributed by atoms with Gasteiger partial charge in [-0.1, -0.05) is 109 Å². The number of aliphatic imine (C=N–C) groups is 2. The summed E-state index contributed by atoms with van der Waals surface area (Å²) in [5.74, 6) is -2.25. The van der Waals surface area contributed by atoms with Crippen molar-refractivity contribution in [1.82, 2.24) is 19.6 Å². The number of carboxylic acid groups (broad SMARTS) is 2. The zero-order chi connectivity index (χ0) is 42.2. The van der Waals surface area contributed by atoms with Gasteiger partial charge in [0, 0.05) is 29.8 Å². The Hall–Kier alpha value is -7.85. The minimum absolute atomic E-state index is 0. The molecule has 0 spiro atoms. The molecule has 4 N–H and O–H groups in total. The fourth-order valence-corrected chi connectivity index (χ4v) is 6.38. The van der Waals surface area contributed by atoms with Crippen LogP contribution in [0.5, 0.6) is 11.8 Å². The number of carbonyl (C=O) groups is 2. The maximum absolute atomic E-state index is 11.7. The van der Waals surface area contributed by atoms with Crippen molar-refractivity contribution >= 4 is 35.7 Å². The van der Waals surface area contributed by atoms with Gasteiger partial charge in [0.15, 0.2) is 0 Å². The van der Waals surface area contributed by atoms with Gasteiger partial charge in [0.1, 0.15) is 0 Å². The SMILES string of the molecule is Cc1nn(-c2ccccc2)c(O)c1C=Nc1cc(-c2ccccc2)ccc1C(=O)O.Cc1nn(-c2ccccc2)c(O)c1C=Nc1cc(-c2ccccc2)ccc1C(=O)O.[Cr]. The number of rotatable bonds is 10. The Morgan fingerprint density at radius 1 is 0.492 bits per heavy atom. The van der Waals surface area contributed by atoms with Crippen LogP contribution in [-0.2, 0) is 17.4 Å². The molecular formula is C48H38CrN6O6. The third kappa shape index (κ3) is 9.72. The van der Waals surface area contributed by atoms with Gasteiger partial charge in [-0.25, -0.2) is 19.0 Å². The molecule has 0 saturated heterocycles. The van der Waals surface area contributed by atoms with E-state index in [9.17, 15) is 30.0 Å². The number of aromatic carboxylic acids is 2. The minimum atomic E-state index is -1.07. The molecule has 61 heavy (non-hydrogen) atoms. The van der Waals surface area contributed by atoms with Crippen molar-refractivity contribution in [2.45, 2.75) is 13.8 Å². The van der Waals surface area contributed by atoms with Crippen LogP contribution >= 0.6 is 0 Å². The molecule has 0 bridgehead atoms. The van der Waals surface area contributed by atoms with Crippen molar-refractivity contribution in [3.05, 3.63) is 191 Å². The second-order valence-corrected chi connectivity index (χ2v) is 13.5. The van der Waals surface area contributed by atoms with Gasteiger partial charge < -0.3 is 20.4 Å². The molecule has 0 aliphatic heterocycles. The van der Waals surface area contributed by atoms with Crippen LogP contribution in [0.2, 0.25) is 0 Å². The largest absolute Gasteiger partial charge is 0.493 e. The first-order valence-corrected chi connectivity index (χ1v) is 18.7. The minimum Gasteiger partial charge on any atom is -0.493 e.